The van der Waals surface area contributed by atoms with Crippen LogP contribution in [0.3, 0.4) is 0 Å². The summed E-state index contributed by atoms with van der Waals surface area (Å²) >= 11 is 0. The molecule has 33 heavy (non-hydrogen) atoms. The quantitative estimate of drug-likeness (QED) is 0.228. The molecule has 1 rings (SSSR count). The number of unbranched alkanes of at least 4 members (excludes halogenated alkanes) is 4. The summed E-state index contributed by atoms with van der Waals surface area (Å²) in [4.78, 5) is 11.4. The molecule has 0 amide bonds. The van der Waals surface area contributed by atoms with E-state index in [1.807, 2.05) is 0 Å². The number of ether oxygens (including phenoxy) is 2. The van der Waals surface area contributed by atoms with E-state index in [-0.39, 0.29) is 23.2 Å². The van der Waals surface area contributed by atoms with Crippen LogP contribution in [-0.2, 0) is 29.4 Å². The Hall–Kier alpha value is -1.69. The first-order valence-electron chi connectivity index (χ1n) is 11.3. The number of benzene rings is 1. The summed E-state index contributed by atoms with van der Waals surface area (Å²) < 4.78 is 60.1. The zero-order valence-electron chi connectivity index (χ0n) is 19.5. The number of sulfone groups is 1. The molecule has 0 spiro atoms. The molecule has 2 N–H and O–H groups in total. The summed E-state index contributed by atoms with van der Waals surface area (Å²) in [5, 5.41) is 10.0. The van der Waals surface area contributed by atoms with Crippen LogP contribution in [-0.4, -0.2) is 65.8 Å². The lowest BCUT2D eigenvalue weighted by molar-refractivity contribution is -0.143. The molecule has 0 bridgehead atoms. The van der Waals surface area contributed by atoms with Gasteiger partial charge in [-0.3, -0.25) is 4.79 Å². The van der Waals surface area contributed by atoms with E-state index in [0.717, 1.165) is 25.5 Å². The van der Waals surface area contributed by atoms with E-state index in [2.05, 4.69) is 4.72 Å². The van der Waals surface area contributed by atoms with Crippen molar-refractivity contribution in [2.75, 3.05) is 31.8 Å². The van der Waals surface area contributed by atoms with Crippen LogP contribution in [0.1, 0.15) is 58.3 Å². The second-order valence-electron chi connectivity index (χ2n) is 7.89. The number of nitrogens with one attached hydrogen (secondary N) is 1. The molecule has 1 atom stereocenters. The van der Waals surface area contributed by atoms with Crippen LogP contribution in [0.5, 0.6) is 5.75 Å². The highest BCUT2D eigenvalue weighted by Crippen LogP contribution is 2.18. The summed E-state index contributed by atoms with van der Waals surface area (Å²) in [7, 11) is -6.70. The molecular formula is C22H37NO8S2. The number of esters is 1. The van der Waals surface area contributed by atoms with E-state index in [4.69, 9.17) is 9.47 Å². The largest absolute Gasteiger partial charge is 0.491 e. The summed E-state index contributed by atoms with van der Waals surface area (Å²) in [6.45, 7) is 2.51. The Bertz CT molecular complexity index is 916. The first-order valence-corrected chi connectivity index (χ1v) is 14.8. The predicted octanol–water partition coefficient (Wildman–Crippen LogP) is 2.43. The van der Waals surface area contributed by atoms with Gasteiger partial charge in [0, 0.05) is 19.2 Å². The number of hydrogen-bond donors (Lipinski definition) is 2. The third-order valence-electron chi connectivity index (χ3n) is 4.81. The van der Waals surface area contributed by atoms with Gasteiger partial charge in [-0.25, -0.2) is 21.6 Å². The monoisotopic (exact) mass is 507 g/mol. The third kappa shape index (κ3) is 14.2. The molecule has 0 aliphatic carbocycles. The maximum absolute atomic E-state index is 12.0. The average molecular weight is 508 g/mol. The molecule has 1 unspecified atom stereocenters. The fraction of sp³-hybridized carbons (Fsp3) is 0.682. The molecule has 0 saturated heterocycles. The topological polar surface area (TPSA) is 136 Å². The van der Waals surface area contributed by atoms with Gasteiger partial charge in [0.25, 0.3) is 0 Å². The van der Waals surface area contributed by atoms with Crippen LogP contribution in [0.15, 0.2) is 29.2 Å². The molecule has 1 aromatic carbocycles. The van der Waals surface area contributed by atoms with Gasteiger partial charge in [0.2, 0.25) is 10.0 Å². The lowest BCUT2D eigenvalue weighted by Gasteiger charge is -2.13. The fourth-order valence-electron chi connectivity index (χ4n) is 3.02. The van der Waals surface area contributed by atoms with Gasteiger partial charge in [-0.2, -0.15) is 0 Å². The minimum atomic E-state index is -3.36. The maximum atomic E-state index is 12.0. The van der Waals surface area contributed by atoms with Crippen molar-refractivity contribution in [2.24, 2.45) is 0 Å². The van der Waals surface area contributed by atoms with Crippen molar-refractivity contribution >= 4 is 25.8 Å². The van der Waals surface area contributed by atoms with Crippen molar-refractivity contribution in [2.45, 2.75) is 69.3 Å². The summed E-state index contributed by atoms with van der Waals surface area (Å²) in [5.74, 6) is 0.139. The van der Waals surface area contributed by atoms with E-state index < -0.39 is 26.0 Å². The zero-order valence-corrected chi connectivity index (χ0v) is 21.1. The van der Waals surface area contributed by atoms with Crippen LogP contribution in [0, 0.1) is 0 Å². The van der Waals surface area contributed by atoms with Crippen molar-refractivity contribution < 1.29 is 36.2 Å². The lowest BCUT2D eigenvalue weighted by atomic mass is 10.1. The molecule has 0 aliphatic heterocycles. The van der Waals surface area contributed by atoms with Crippen molar-refractivity contribution in [3.05, 3.63) is 24.3 Å². The zero-order chi connectivity index (χ0) is 24.7. The standard InChI is InChI=1S/C22H37NO8S2/c1-3-30-22(25)14-6-4-5-8-15-23-33(28,29)16-9-7-11-19(24)18-31-20-12-10-13-21(17-20)32(2,26)27/h10,12-13,17,19,23-24H,3-9,11,14-16,18H2,1-2H3. The van der Waals surface area contributed by atoms with E-state index in [9.17, 15) is 26.7 Å². The van der Waals surface area contributed by atoms with Gasteiger partial charge in [-0.05, 0) is 57.2 Å². The Kier molecular flexibility index (Phi) is 13.6. The Morgan fingerprint density at radius 2 is 1.79 bits per heavy atom. The minimum absolute atomic E-state index is 0.00557. The number of carbonyl (C=O) groups is 1. The van der Waals surface area contributed by atoms with E-state index in [0.29, 0.717) is 51.0 Å². The number of aliphatic hydroxyl groups excluding tert-OH is 1. The van der Waals surface area contributed by atoms with Gasteiger partial charge in [-0.15, -0.1) is 0 Å². The lowest BCUT2D eigenvalue weighted by Crippen LogP contribution is -2.27. The number of carbonyl (C=O) groups excluding carboxylic acids is 1. The second-order valence-corrected chi connectivity index (χ2v) is 11.8. The maximum Gasteiger partial charge on any atom is 0.305 e. The normalized spacial score (nSPS) is 12.9. The van der Waals surface area contributed by atoms with Crippen LogP contribution in [0.4, 0.5) is 0 Å². The molecule has 0 aliphatic rings. The number of aliphatic hydroxyl groups is 1. The third-order valence-corrected chi connectivity index (χ3v) is 7.39. The SMILES string of the molecule is CCOC(=O)CCCCCCNS(=O)(=O)CCCCC(O)COc1cccc(S(C)(=O)=O)c1. The molecule has 190 valence electrons. The number of hydrogen-bond acceptors (Lipinski definition) is 8. The highest BCUT2D eigenvalue weighted by atomic mass is 32.2. The van der Waals surface area contributed by atoms with Gasteiger partial charge in [0.15, 0.2) is 9.84 Å². The van der Waals surface area contributed by atoms with E-state index in [1.165, 1.54) is 12.1 Å². The van der Waals surface area contributed by atoms with Crippen molar-refractivity contribution in [1.82, 2.24) is 4.72 Å². The highest BCUT2D eigenvalue weighted by molar-refractivity contribution is 7.90. The van der Waals surface area contributed by atoms with Gasteiger partial charge in [0.1, 0.15) is 12.4 Å². The molecular weight excluding hydrogens is 470 g/mol. The first kappa shape index (κ1) is 29.3. The molecule has 0 radical (unpaired) electrons. The fourth-order valence-corrected chi connectivity index (χ4v) is 4.86. The number of rotatable bonds is 18. The van der Waals surface area contributed by atoms with Crippen LogP contribution in [0.25, 0.3) is 0 Å². The predicted molar refractivity (Wildman–Crippen MR) is 126 cm³/mol. The van der Waals surface area contributed by atoms with Crippen molar-refractivity contribution in [1.29, 1.82) is 0 Å². The Morgan fingerprint density at radius 3 is 2.48 bits per heavy atom. The molecule has 0 fully saturated rings. The summed E-state index contributed by atoms with van der Waals surface area (Å²) in [6.07, 6.45) is 5.15. The van der Waals surface area contributed by atoms with Gasteiger partial charge < -0.3 is 14.6 Å². The summed E-state index contributed by atoms with van der Waals surface area (Å²) in [6, 6.07) is 6.06. The van der Waals surface area contributed by atoms with Gasteiger partial charge in [-0.1, -0.05) is 18.9 Å². The molecule has 0 heterocycles. The van der Waals surface area contributed by atoms with Crippen molar-refractivity contribution in [3.63, 3.8) is 0 Å². The van der Waals surface area contributed by atoms with Crippen molar-refractivity contribution in [3.8, 4) is 5.75 Å². The van der Waals surface area contributed by atoms with E-state index in [1.54, 1.807) is 19.1 Å². The minimum Gasteiger partial charge on any atom is -0.491 e. The van der Waals surface area contributed by atoms with Crippen LogP contribution in [0.2, 0.25) is 0 Å². The Morgan fingerprint density at radius 1 is 1.06 bits per heavy atom. The van der Waals surface area contributed by atoms with Crippen LogP contribution >= 0.6 is 0 Å². The van der Waals surface area contributed by atoms with Crippen LogP contribution < -0.4 is 9.46 Å². The Balaban J connectivity index is 2.14. The summed E-state index contributed by atoms with van der Waals surface area (Å²) in [5.41, 5.74) is 0. The van der Waals surface area contributed by atoms with Gasteiger partial charge >= 0.3 is 5.97 Å². The molecule has 0 aromatic heterocycles. The molecule has 11 heteroatoms. The van der Waals surface area contributed by atoms with Gasteiger partial charge in [0.05, 0.1) is 23.4 Å². The smallest absolute Gasteiger partial charge is 0.305 e. The molecule has 9 nitrogen and oxygen atoms in total. The van der Waals surface area contributed by atoms with E-state index >= 15 is 0 Å². The second kappa shape index (κ2) is 15.3. The highest BCUT2D eigenvalue weighted by Gasteiger charge is 2.12. The Labute approximate surface area is 197 Å². The average Bonchev–Trinajstić information content (AvgIpc) is 2.74. The molecule has 1 aromatic rings. The first-order chi connectivity index (χ1) is 15.5. The number of sulfonamides is 1. The molecule has 0 saturated carbocycles.